The number of pyridine rings is 1. The highest BCUT2D eigenvalue weighted by Crippen LogP contribution is 2.29. The van der Waals surface area contributed by atoms with Crippen molar-refractivity contribution in [2.75, 3.05) is 0 Å². The van der Waals surface area contributed by atoms with Gasteiger partial charge < -0.3 is 0 Å². The molecule has 0 N–H and O–H groups in total. The Morgan fingerprint density at radius 3 is 2.48 bits per heavy atom. The van der Waals surface area contributed by atoms with Crippen molar-refractivity contribution in [2.24, 2.45) is 5.92 Å². The number of aryl methyl sites for hydroxylation is 1. The summed E-state index contributed by atoms with van der Waals surface area (Å²) in [6.07, 6.45) is 1.56. The maximum atomic E-state index is 13.9. The second-order valence-corrected chi connectivity index (χ2v) is 7.72. The summed E-state index contributed by atoms with van der Waals surface area (Å²) >= 11 is 0. The lowest BCUT2D eigenvalue weighted by Crippen LogP contribution is -2.23. The third-order valence-electron chi connectivity index (χ3n) is 4.82. The normalized spacial score (nSPS) is 11.3. The molecule has 0 fully saturated rings. The van der Waals surface area contributed by atoms with Crippen LogP contribution in [-0.2, 0) is 6.54 Å². The first-order valence-electron chi connectivity index (χ1n) is 9.65. The molecule has 2 heterocycles. The molecule has 0 aliphatic carbocycles. The maximum absolute atomic E-state index is 13.9. The van der Waals surface area contributed by atoms with Gasteiger partial charge in [0.15, 0.2) is 0 Å². The SMILES string of the molecule is Cc1ccc(-c2cc3c(=O)n(CC(C)C)cnc3c(-c3cccc(F)c3)n2)cc1. The quantitative estimate of drug-likeness (QED) is 0.482. The van der Waals surface area contributed by atoms with Crippen LogP contribution in [0.15, 0.2) is 65.7 Å². The number of hydrogen-bond donors (Lipinski definition) is 0. The topological polar surface area (TPSA) is 47.8 Å². The Balaban J connectivity index is 2.02. The van der Waals surface area contributed by atoms with E-state index in [9.17, 15) is 9.18 Å². The molecule has 0 saturated carbocycles. The average molecular weight is 387 g/mol. The lowest BCUT2D eigenvalue weighted by molar-refractivity contribution is 0.508. The Morgan fingerprint density at radius 2 is 1.79 bits per heavy atom. The minimum absolute atomic E-state index is 0.114. The zero-order valence-electron chi connectivity index (χ0n) is 16.7. The van der Waals surface area contributed by atoms with E-state index in [1.165, 1.54) is 12.1 Å². The minimum Gasteiger partial charge on any atom is -0.298 e. The van der Waals surface area contributed by atoms with E-state index in [4.69, 9.17) is 4.98 Å². The molecule has 0 bridgehead atoms. The fraction of sp³-hybridized carbons (Fsp3) is 0.208. The Morgan fingerprint density at radius 1 is 1.03 bits per heavy atom. The van der Waals surface area contributed by atoms with Gasteiger partial charge in [-0.2, -0.15) is 0 Å². The molecule has 4 nitrogen and oxygen atoms in total. The lowest BCUT2D eigenvalue weighted by atomic mass is 10.0. The molecule has 0 radical (unpaired) electrons. The predicted octanol–water partition coefficient (Wildman–Crippen LogP) is 5.23. The van der Waals surface area contributed by atoms with Crippen molar-refractivity contribution in [1.29, 1.82) is 0 Å². The summed E-state index contributed by atoms with van der Waals surface area (Å²) < 4.78 is 15.5. The number of aromatic nitrogens is 3. The summed E-state index contributed by atoms with van der Waals surface area (Å²) in [5, 5.41) is 0.484. The fourth-order valence-electron chi connectivity index (χ4n) is 3.40. The first-order chi connectivity index (χ1) is 13.9. The predicted molar refractivity (Wildman–Crippen MR) is 114 cm³/mol. The molecular weight excluding hydrogens is 365 g/mol. The van der Waals surface area contributed by atoms with Gasteiger partial charge in [-0.3, -0.25) is 9.36 Å². The molecule has 0 atom stereocenters. The van der Waals surface area contributed by atoms with Gasteiger partial charge in [0.1, 0.15) is 11.3 Å². The van der Waals surface area contributed by atoms with Gasteiger partial charge in [0.2, 0.25) is 0 Å². The van der Waals surface area contributed by atoms with Gasteiger partial charge in [-0.05, 0) is 31.0 Å². The Bertz CT molecular complexity index is 1240. The molecule has 146 valence electrons. The first kappa shape index (κ1) is 19.0. The van der Waals surface area contributed by atoms with Crippen LogP contribution in [0.25, 0.3) is 33.4 Å². The van der Waals surface area contributed by atoms with Crippen LogP contribution in [0.3, 0.4) is 0 Å². The zero-order chi connectivity index (χ0) is 20.5. The molecule has 2 aromatic carbocycles. The molecular formula is C24H22FN3O. The molecule has 0 amide bonds. The molecule has 0 unspecified atom stereocenters. The smallest absolute Gasteiger partial charge is 0.261 e. The number of fused-ring (bicyclic) bond motifs is 1. The van der Waals surface area contributed by atoms with Crippen molar-refractivity contribution >= 4 is 10.9 Å². The highest BCUT2D eigenvalue weighted by molar-refractivity contribution is 5.93. The number of benzene rings is 2. The summed E-state index contributed by atoms with van der Waals surface area (Å²) in [4.78, 5) is 22.5. The van der Waals surface area contributed by atoms with E-state index in [2.05, 4.69) is 18.8 Å². The van der Waals surface area contributed by atoms with E-state index in [1.807, 2.05) is 31.2 Å². The van der Waals surface area contributed by atoms with Gasteiger partial charge in [0, 0.05) is 17.7 Å². The second-order valence-electron chi connectivity index (χ2n) is 7.72. The standard InChI is InChI=1S/C24H22FN3O/c1-15(2)13-28-14-26-23-20(24(28)29)12-21(17-9-7-16(3)8-10-17)27-22(23)18-5-4-6-19(25)11-18/h4-12,14-15H,13H2,1-3H3. The average Bonchev–Trinajstić information content (AvgIpc) is 2.70. The van der Waals surface area contributed by atoms with Gasteiger partial charge >= 0.3 is 0 Å². The van der Waals surface area contributed by atoms with Gasteiger partial charge in [0.05, 0.1) is 23.1 Å². The van der Waals surface area contributed by atoms with Crippen LogP contribution in [0.1, 0.15) is 19.4 Å². The van der Waals surface area contributed by atoms with Crippen molar-refractivity contribution in [1.82, 2.24) is 14.5 Å². The van der Waals surface area contributed by atoms with Crippen LogP contribution in [-0.4, -0.2) is 14.5 Å². The maximum Gasteiger partial charge on any atom is 0.261 e. The number of halogens is 1. The summed E-state index contributed by atoms with van der Waals surface area (Å²) in [5.74, 6) is -0.0422. The van der Waals surface area contributed by atoms with Gasteiger partial charge in [-0.25, -0.2) is 14.4 Å². The highest BCUT2D eigenvalue weighted by atomic mass is 19.1. The van der Waals surface area contributed by atoms with E-state index in [1.54, 1.807) is 29.1 Å². The summed E-state index contributed by atoms with van der Waals surface area (Å²) in [6, 6.07) is 16.0. The van der Waals surface area contributed by atoms with Gasteiger partial charge in [-0.1, -0.05) is 55.8 Å². The third kappa shape index (κ3) is 3.81. The monoisotopic (exact) mass is 387 g/mol. The van der Waals surface area contributed by atoms with E-state index in [0.717, 1.165) is 11.1 Å². The van der Waals surface area contributed by atoms with Crippen molar-refractivity contribution < 1.29 is 4.39 Å². The molecule has 29 heavy (non-hydrogen) atoms. The summed E-state index contributed by atoms with van der Waals surface area (Å²) in [7, 11) is 0. The van der Waals surface area contributed by atoms with Crippen LogP contribution in [0, 0.1) is 18.7 Å². The lowest BCUT2D eigenvalue weighted by Gasteiger charge is -2.13. The molecule has 0 aliphatic heterocycles. The Kier molecular flexibility index (Phi) is 4.97. The molecule has 2 aromatic heterocycles. The summed E-state index contributed by atoms with van der Waals surface area (Å²) in [5.41, 5.74) is 4.17. The van der Waals surface area contributed by atoms with Crippen molar-refractivity contribution in [3.8, 4) is 22.5 Å². The molecule has 0 aliphatic rings. The Labute approximate surface area is 168 Å². The Hall–Kier alpha value is -3.34. The van der Waals surface area contributed by atoms with Crippen LogP contribution in [0.5, 0.6) is 0 Å². The van der Waals surface area contributed by atoms with E-state index in [0.29, 0.717) is 40.3 Å². The largest absolute Gasteiger partial charge is 0.298 e. The van der Waals surface area contributed by atoms with Gasteiger partial charge in [-0.15, -0.1) is 0 Å². The fourth-order valence-corrected chi connectivity index (χ4v) is 3.40. The number of rotatable bonds is 4. The van der Waals surface area contributed by atoms with E-state index >= 15 is 0 Å². The van der Waals surface area contributed by atoms with E-state index < -0.39 is 0 Å². The number of hydrogen-bond acceptors (Lipinski definition) is 3. The molecule has 5 heteroatoms. The zero-order valence-corrected chi connectivity index (χ0v) is 16.7. The van der Waals surface area contributed by atoms with E-state index in [-0.39, 0.29) is 11.4 Å². The summed E-state index contributed by atoms with van der Waals surface area (Å²) in [6.45, 7) is 6.71. The third-order valence-corrected chi connectivity index (χ3v) is 4.82. The highest BCUT2D eigenvalue weighted by Gasteiger charge is 2.15. The van der Waals surface area contributed by atoms with Crippen molar-refractivity contribution in [3.63, 3.8) is 0 Å². The van der Waals surface area contributed by atoms with Crippen LogP contribution < -0.4 is 5.56 Å². The molecule has 0 spiro atoms. The first-order valence-corrected chi connectivity index (χ1v) is 9.65. The molecule has 4 rings (SSSR count). The molecule has 4 aromatic rings. The number of nitrogens with zero attached hydrogens (tertiary/aromatic N) is 3. The minimum atomic E-state index is -0.355. The second kappa shape index (κ2) is 7.59. The van der Waals surface area contributed by atoms with Crippen molar-refractivity contribution in [3.05, 3.63) is 82.7 Å². The van der Waals surface area contributed by atoms with Gasteiger partial charge in [0.25, 0.3) is 5.56 Å². The van der Waals surface area contributed by atoms with Crippen LogP contribution in [0.2, 0.25) is 0 Å². The van der Waals surface area contributed by atoms with Crippen molar-refractivity contribution in [2.45, 2.75) is 27.3 Å². The van der Waals surface area contributed by atoms with Crippen LogP contribution >= 0.6 is 0 Å². The van der Waals surface area contributed by atoms with Crippen LogP contribution in [0.4, 0.5) is 4.39 Å². The molecule has 0 saturated heterocycles.